The lowest BCUT2D eigenvalue weighted by Gasteiger charge is -2.25. The second kappa shape index (κ2) is 24.2. The van der Waals surface area contributed by atoms with Crippen molar-refractivity contribution in [1.82, 2.24) is 26.0 Å². The summed E-state index contributed by atoms with van der Waals surface area (Å²) >= 11 is 0. The quantitative estimate of drug-likeness (QED) is 0.0298. The third-order valence-corrected chi connectivity index (χ3v) is 10.8. The molecule has 0 spiro atoms. The van der Waals surface area contributed by atoms with Crippen LogP contribution in [0.15, 0.2) is 119 Å². The molecule has 0 aromatic heterocycles. The van der Waals surface area contributed by atoms with E-state index in [9.17, 15) is 32.4 Å². The Morgan fingerprint density at radius 1 is 0.677 bits per heavy atom. The second-order valence-corrected chi connectivity index (χ2v) is 17.9. The van der Waals surface area contributed by atoms with Crippen molar-refractivity contribution in [3.8, 4) is 5.75 Å². The van der Waals surface area contributed by atoms with E-state index in [1.165, 1.54) is 26.0 Å². The van der Waals surface area contributed by atoms with Crippen LogP contribution in [0.5, 0.6) is 5.75 Å². The van der Waals surface area contributed by atoms with Gasteiger partial charge in [0.05, 0.1) is 4.90 Å². The summed E-state index contributed by atoms with van der Waals surface area (Å²) in [4.78, 5) is 70.9. The summed E-state index contributed by atoms with van der Waals surface area (Å²) < 4.78 is 44.3. The number of guanidine groups is 1. The van der Waals surface area contributed by atoms with Crippen LogP contribution in [0.1, 0.15) is 69.7 Å². The highest BCUT2D eigenvalue weighted by Crippen LogP contribution is 2.17. The molecular formula is C47H59N7O10S. The minimum atomic E-state index is -4.00. The van der Waals surface area contributed by atoms with Gasteiger partial charge in [0, 0.05) is 13.0 Å². The van der Waals surface area contributed by atoms with Crippen LogP contribution < -0.4 is 36.5 Å². The fourth-order valence-electron chi connectivity index (χ4n) is 5.97. The van der Waals surface area contributed by atoms with Crippen molar-refractivity contribution >= 4 is 45.8 Å². The number of benzene rings is 4. The zero-order valence-electron chi connectivity index (χ0n) is 37.5. The molecule has 17 nitrogen and oxygen atoms in total. The minimum Gasteiger partial charge on any atom is -0.489 e. The predicted octanol–water partition coefficient (Wildman–Crippen LogP) is 4.32. The number of ether oxygens (including phenoxy) is 3. The number of esters is 1. The lowest BCUT2D eigenvalue weighted by Crippen LogP contribution is -2.57. The number of sulfonamides is 1. The lowest BCUT2D eigenvalue weighted by molar-refractivity contribution is -0.148. The fraction of sp³-hybridized carbons (Fsp3) is 0.362. The van der Waals surface area contributed by atoms with Gasteiger partial charge in [0.2, 0.25) is 23.7 Å². The van der Waals surface area contributed by atoms with Gasteiger partial charge in [0.15, 0.2) is 0 Å². The number of alkyl carbamates (subject to hydrolysis) is 1. The first-order valence-electron chi connectivity index (χ1n) is 21.0. The largest absolute Gasteiger partial charge is 0.489 e. The number of rotatable bonds is 21. The van der Waals surface area contributed by atoms with Crippen molar-refractivity contribution in [2.75, 3.05) is 6.54 Å². The molecule has 65 heavy (non-hydrogen) atoms. The van der Waals surface area contributed by atoms with E-state index in [1.54, 1.807) is 69.3 Å². The molecule has 4 atom stereocenters. The molecule has 4 aromatic carbocycles. The van der Waals surface area contributed by atoms with Crippen LogP contribution >= 0.6 is 0 Å². The number of aliphatic imine (C=N–C) groups is 1. The number of carbonyl (C=O) groups excluding carboxylic acids is 5. The third kappa shape index (κ3) is 18.0. The van der Waals surface area contributed by atoms with E-state index in [0.717, 1.165) is 16.7 Å². The van der Waals surface area contributed by atoms with Crippen LogP contribution in [0.4, 0.5) is 4.79 Å². The molecule has 348 valence electrons. The molecule has 0 aliphatic rings. The topological polar surface area (TPSA) is 246 Å². The molecule has 0 bridgehead atoms. The van der Waals surface area contributed by atoms with Gasteiger partial charge in [0.1, 0.15) is 48.7 Å². The maximum atomic E-state index is 13.8. The predicted molar refractivity (Wildman–Crippen MR) is 245 cm³/mol. The van der Waals surface area contributed by atoms with Crippen molar-refractivity contribution in [3.63, 3.8) is 0 Å². The van der Waals surface area contributed by atoms with E-state index >= 15 is 0 Å². The number of carbonyl (C=O) groups is 5. The number of amides is 4. The Bertz CT molecular complexity index is 2340. The molecule has 4 aromatic rings. The first-order valence-corrected chi connectivity index (χ1v) is 22.5. The number of nitrogens with two attached hydrogens (primary N) is 1. The van der Waals surface area contributed by atoms with Gasteiger partial charge in [-0.1, -0.05) is 90.5 Å². The zero-order valence-corrected chi connectivity index (χ0v) is 38.3. The highest BCUT2D eigenvalue weighted by Gasteiger charge is 2.30. The molecule has 0 unspecified atom stereocenters. The Morgan fingerprint density at radius 3 is 1.85 bits per heavy atom. The summed E-state index contributed by atoms with van der Waals surface area (Å²) in [5.74, 6) is -2.65. The van der Waals surface area contributed by atoms with Crippen LogP contribution in [-0.2, 0) is 58.3 Å². The van der Waals surface area contributed by atoms with Crippen molar-refractivity contribution in [2.24, 2.45) is 10.7 Å². The molecule has 0 fully saturated rings. The Morgan fingerprint density at radius 2 is 1.25 bits per heavy atom. The van der Waals surface area contributed by atoms with Gasteiger partial charge in [-0.2, -0.15) is 0 Å². The van der Waals surface area contributed by atoms with Crippen molar-refractivity contribution in [3.05, 3.63) is 131 Å². The Labute approximate surface area is 380 Å². The summed E-state index contributed by atoms with van der Waals surface area (Å²) in [6, 6.07) is 27.0. The highest BCUT2D eigenvalue weighted by molar-refractivity contribution is 7.90. The van der Waals surface area contributed by atoms with E-state index in [0.29, 0.717) is 17.9 Å². The zero-order chi connectivity index (χ0) is 47.6. The van der Waals surface area contributed by atoms with E-state index < -0.39 is 69.6 Å². The van der Waals surface area contributed by atoms with Gasteiger partial charge < -0.3 is 41.2 Å². The maximum Gasteiger partial charge on any atom is 0.408 e. The van der Waals surface area contributed by atoms with Gasteiger partial charge in [-0.25, -0.2) is 22.7 Å². The number of aryl methyl sites for hydroxylation is 1. The molecule has 0 saturated heterocycles. The van der Waals surface area contributed by atoms with E-state index in [1.807, 2.05) is 55.5 Å². The molecule has 0 saturated carbocycles. The molecule has 0 aliphatic carbocycles. The van der Waals surface area contributed by atoms with Crippen LogP contribution in [0.2, 0.25) is 0 Å². The van der Waals surface area contributed by atoms with Crippen molar-refractivity contribution in [1.29, 1.82) is 0 Å². The number of nitrogens with zero attached hydrogens (tertiary/aromatic N) is 1. The molecular weight excluding hydrogens is 855 g/mol. The van der Waals surface area contributed by atoms with Crippen molar-refractivity contribution < 1.29 is 46.6 Å². The SMILES string of the molecule is Cc1ccc(S(=O)(=O)NC(N)=NCCC[C@H](NC(=O)OC(C)(C)C)C(=O)N[C@H](C)C(=O)N[C@@H](Cc2ccc(OCc3ccccc3)cc2)C(=O)N[C@H](C)C(=O)OCc2ccccc2)cc1. The molecule has 0 heterocycles. The molecule has 7 N–H and O–H groups in total. The molecule has 18 heteroatoms. The standard InChI is InChI=1S/C47H59N7O10S/c1-31-19-25-38(26-20-31)65(60,61)54-45(48)49-27-13-18-39(53-46(59)64-47(4,5)6)42(56)50-32(2)41(55)52-40(43(57)51-33(3)44(58)63-30-36-16-11-8-12-17-36)28-34-21-23-37(24-22-34)62-29-35-14-9-7-10-15-35/h7-12,14-17,19-26,32-33,39-40H,13,18,27-30H2,1-6H3,(H,50,56)(H,51,57)(H,52,55)(H,53,59)(H3,48,49,54)/t32-,33-,39+,40+/m1/s1. The van der Waals surface area contributed by atoms with Crippen LogP contribution in [-0.4, -0.2) is 80.5 Å². The van der Waals surface area contributed by atoms with E-state index in [4.69, 9.17) is 19.9 Å². The summed E-state index contributed by atoms with van der Waals surface area (Å²) in [6.45, 7) is 9.95. The van der Waals surface area contributed by atoms with Crippen LogP contribution in [0.25, 0.3) is 0 Å². The van der Waals surface area contributed by atoms with E-state index in [-0.39, 0.29) is 43.3 Å². The van der Waals surface area contributed by atoms with Crippen molar-refractivity contribution in [2.45, 2.75) is 109 Å². The lowest BCUT2D eigenvalue weighted by atomic mass is 10.0. The van der Waals surface area contributed by atoms with Gasteiger partial charge in [0.25, 0.3) is 10.0 Å². The van der Waals surface area contributed by atoms with E-state index in [2.05, 4.69) is 31.0 Å². The second-order valence-electron chi connectivity index (χ2n) is 16.3. The van der Waals surface area contributed by atoms with Gasteiger partial charge in [-0.05, 0) is 95.3 Å². The Kier molecular flexibility index (Phi) is 18.9. The summed E-state index contributed by atoms with van der Waals surface area (Å²) in [7, 11) is -4.00. The highest BCUT2D eigenvalue weighted by atomic mass is 32.2. The smallest absolute Gasteiger partial charge is 0.408 e. The monoisotopic (exact) mass is 913 g/mol. The molecule has 0 radical (unpaired) electrons. The average molecular weight is 914 g/mol. The minimum absolute atomic E-state index is 0.00245. The maximum absolute atomic E-state index is 13.8. The summed E-state index contributed by atoms with van der Waals surface area (Å²) in [5, 5.41) is 10.4. The molecule has 4 rings (SSSR count). The van der Waals surface area contributed by atoms with Crippen LogP contribution in [0.3, 0.4) is 0 Å². The first kappa shape index (κ1) is 50.7. The average Bonchev–Trinajstić information content (AvgIpc) is 3.26. The van der Waals surface area contributed by atoms with Gasteiger partial charge in [-0.15, -0.1) is 0 Å². The molecule has 0 aliphatic heterocycles. The van der Waals surface area contributed by atoms with Gasteiger partial charge in [-0.3, -0.25) is 19.4 Å². The number of hydrogen-bond donors (Lipinski definition) is 6. The fourth-order valence-corrected chi connectivity index (χ4v) is 6.92. The van der Waals surface area contributed by atoms with Gasteiger partial charge >= 0.3 is 12.1 Å². The summed E-state index contributed by atoms with van der Waals surface area (Å²) in [5.41, 5.74) is 8.25. The first-order chi connectivity index (χ1) is 30.8. The Balaban J connectivity index is 1.43. The number of nitrogens with one attached hydrogen (secondary N) is 5. The molecule has 4 amide bonds. The normalized spacial score (nSPS) is 13.5. The van der Waals surface area contributed by atoms with Crippen LogP contribution in [0, 0.1) is 6.92 Å². The number of hydrogen-bond acceptors (Lipinski definition) is 11. The summed E-state index contributed by atoms with van der Waals surface area (Å²) in [6.07, 6.45) is -0.772. The third-order valence-electron chi connectivity index (χ3n) is 9.44. The Hall–Kier alpha value is -6.95.